The topological polar surface area (TPSA) is 96.0 Å². The molecule has 1 rings (SSSR count). The van der Waals surface area contributed by atoms with E-state index < -0.39 is 17.6 Å². The highest BCUT2D eigenvalue weighted by Crippen LogP contribution is 2.13. The third kappa shape index (κ3) is 3.06. The van der Waals surface area contributed by atoms with Crippen LogP contribution in [-0.4, -0.2) is 11.8 Å². The van der Waals surface area contributed by atoms with E-state index in [0.717, 1.165) is 12.1 Å². The molecule has 0 unspecified atom stereocenters. The molecule has 1 aromatic rings. The molecule has 0 fully saturated rings. The van der Waals surface area contributed by atoms with Crippen LogP contribution in [0.4, 0.5) is 10.1 Å². The molecule has 0 aliphatic rings. The van der Waals surface area contributed by atoms with E-state index >= 15 is 0 Å². The number of halogens is 1. The smallest absolute Gasteiger partial charge is 0.248 e. The molecule has 0 aromatic heterocycles. The summed E-state index contributed by atoms with van der Waals surface area (Å²) in [6.07, 6.45) is -0.345. The van der Waals surface area contributed by atoms with Gasteiger partial charge in [-0.1, -0.05) is 0 Å². The van der Waals surface area contributed by atoms with Crippen LogP contribution in [0.3, 0.4) is 0 Å². The number of rotatable bonds is 3. The molecule has 82 valence electrons. The molecular formula is C10H8FN3O2. The van der Waals surface area contributed by atoms with Crippen molar-refractivity contribution in [2.24, 2.45) is 5.73 Å². The Labute approximate surface area is 90.7 Å². The number of nitriles is 1. The van der Waals surface area contributed by atoms with Crippen LogP contribution in [-0.2, 0) is 4.79 Å². The summed E-state index contributed by atoms with van der Waals surface area (Å²) in [6.45, 7) is 0. The molecule has 0 bridgehead atoms. The molecule has 3 N–H and O–H groups in total. The second kappa shape index (κ2) is 4.89. The average Bonchev–Trinajstić information content (AvgIpc) is 2.16. The molecule has 2 amide bonds. The lowest BCUT2D eigenvalue weighted by Crippen LogP contribution is -2.14. The minimum atomic E-state index is -0.796. The molecule has 0 saturated heterocycles. The van der Waals surface area contributed by atoms with E-state index in [9.17, 15) is 14.0 Å². The lowest BCUT2D eigenvalue weighted by Gasteiger charge is -2.04. The van der Waals surface area contributed by atoms with Crippen LogP contribution in [0.25, 0.3) is 0 Å². The van der Waals surface area contributed by atoms with Gasteiger partial charge in [-0.15, -0.1) is 0 Å². The number of benzene rings is 1. The fraction of sp³-hybridized carbons (Fsp3) is 0.100. The zero-order chi connectivity index (χ0) is 12.1. The number of nitrogens with one attached hydrogen (secondary N) is 1. The second-order valence-corrected chi connectivity index (χ2v) is 2.98. The van der Waals surface area contributed by atoms with Crippen LogP contribution in [0.5, 0.6) is 0 Å². The number of carbonyl (C=O) groups excluding carboxylic acids is 2. The van der Waals surface area contributed by atoms with E-state index in [1.54, 1.807) is 6.07 Å². The summed E-state index contributed by atoms with van der Waals surface area (Å²) in [4.78, 5) is 21.8. The molecule has 5 nitrogen and oxygen atoms in total. The number of amides is 2. The first kappa shape index (κ1) is 11.7. The van der Waals surface area contributed by atoms with Crippen molar-refractivity contribution in [1.82, 2.24) is 0 Å². The maximum absolute atomic E-state index is 13.0. The Hall–Kier alpha value is -2.42. The van der Waals surface area contributed by atoms with E-state index in [0.29, 0.717) is 0 Å². The number of hydrogen-bond acceptors (Lipinski definition) is 3. The quantitative estimate of drug-likeness (QED) is 0.789. The first-order valence-electron chi connectivity index (χ1n) is 4.30. The number of nitrogens with zero attached hydrogens (tertiary/aromatic N) is 1. The van der Waals surface area contributed by atoms with Crippen molar-refractivity contribution >= 4 is 17.5 Å². The Morgan fingerprint density at radius 2 is 2.12 bits per heavy atom. The Morgan fingerprint density at radius 1 is 1.44 bits per heavy atom. The van der Waals surface area contributed by atoms with Gasteiger partial charge in [0.1, 0.15) is 12.2 Å². The van der Waals surface area contributed by atoms with Gasteiger partial charge in [-0.3, -0.25) is 9.59 Å². The fourth-order valence-electron chi connectivity index (χ4n) is 1.08. The molecule has 0 spiro atoms. The first-order valence-corrected chi connectivity index (χ1v) is 4.30. The molecule has 0 radical (unpaired) electrons. The predicted molar refractivity (Wildman–Crippen MR) is 53.8 cm³/mol. The zero-order valence-electron chi connectivity index (χ0n) is 8.16. The summed E-state index contributed by atoms with van der Waals surface area (Å²) < 4.78 is 13.0. The molecule has 6 heteroatoms. The molecule has 0 aliphatic carbocycles. The number of hydrogen-bond donors (Lipinski definition) is 2. The fourth-order valence-corrected chi connectivity index (χ4v) is 1.08. The Morgan fingerprint density at radius 3 is 2.69 bits per heavy atom. The van der Waals surface area contributed by atoms with Gasteiger partial charge < -0.3 is 11.1 Å². The van der Waals surface area contributed by atoms with E-state index in [1.165, 1.54) is 6.07 Å². The molecule has 1 aromatic carbocycles. The van der Waals surface area contributed by atoms with Gasteiger partial charge in [-0.05, 0) is 18.2 Å². The maximum Gasteiger partial charge on any atom is 0.248 e. The van der Waals surface area contributed by atoms with Gasteiger partial charge >= 0.3 is 0 Å². The van der Waals surface area contributed by atoms with Gasteiger partial charge in [0.25, 0.3) is 0 Å². The predicted octanol–water partition coefficient (Wildman–Crippen LogP) is 0.777. The van der Waals surface area contributed by atoms with Crippen LogP contribution in [0, 0.1) is 17.1 Å². The van der Waals surface area contributed by atoms with Crippen molar-refractivity contribution < 1.29 is 14.0 Å². The number of nitrogens with two attached hydrogens (primary N) is 1. The third-order valence-electron chi connectivity index (χ3n) is 1.71. The van der Waals surface area contributed by atoms with Crippen molar-refractivity contribution in [2.45, 2.75) is 6.42 Å². The van der Waals surface area contributed by atoms with E-state index in [1.807, 2.05) is 0 Å². The minimum absolute atomic E-state index is 0.0488. The summed E-state index contributed by atoms with van der Waals surface area (Å²) in [7, 11) is 0. The lowest BCUT2D eigenvalue weighted by molar-refractivity contribution is -0.115. The largest absolute Gasteiger partial charge is 0.366 e. The summed E-state index contributed by atoms with van der Waals surface area (Å²) in [5.41, 5.74) is 5.01. The minimum Gasteiger partial charge on any atom is -0.366 e. The summed E-state index contributed by atoms with van der Waals surface area (Å²) >= 11 is 0. The highest BCUT2D eigenvalue weighted by Gasteiger charge is 2.07. The maximum atomic E-state index is 13.0. The first-order chi connectivity index (χ1) is 7.52. The molecular weight excluding hydrogens is 213 g/mol. The summed E-state index contributed by atoms with van der Waals surface area (Å²) in [6, 6.07) is 4.87. The Kier molecular flexibility index (Phi) is 3.56. The highest BCUT2D eigenvalue weighted by molar-refractivity contribution is 5.96. The molecule has 0 heterocycles. The zero-order valence-corrected chi connectivity index (χ0v) is 8.16. The van der Waals surface area contributed by atoms with Crippen molar-refractivity contribution in [3.05, 3.63) is 29.6 Å². The van der Waals surface area contributed by atoms with Crippen molar-refractivity contribution in [1.29, 1.82) is 5.26 Å². The Bertz CT molecular complexity index is 479. The summed E-state index contributed by atoms with van der Waals surface area (Å²) in [5.74, 6) is -2.07. The van der Waals surface area contributed by atoms with Crippen molar-refractivity contribution in [3.8, 4) is 6.07 Å². The molecule has 16 heavy (non-hydrogen) atoms. The van der Waals surface area contributed by atoms with Gasteiger partial charge in [0.05, 0.1) is 6.07 Å². The standard InChI is InChI=1S/C10H8FN3O2/c11-7-3-6(10(13)16)4-8(5-7)14-9(15)1-2-12/h3-5H,1H2,(H2,13,16)(H,14,15). The lowest BCUT2D eigenvalue weighted by atomic mass is 10.2. The SMILES string of the molecule is N#CCC(=O)Nc1cc(F)cc(C(N)=O)c1. The van der Waals surface area contributed by atoms with Gasteiger partial charge in [0.2, 0.25) is 11.8 Å². The van der Waals surface area contributed by atoms with E-state index in [2.05, 4.69) is 5.32 Å². The molecule has 0 atom stereocenters. The van der Waals surface area contributed by atoms with Crippen molar-refractivity contribution in [2.75, 3.05) is 5.32 Å². The third-order valence-corrected chi connectivity index (χ3v) is 1.71. The number of carbonyl (C=O) groups is 2. The molecule has 0 saturated carbocycles. The second-order valence-electron chi connectivity index (χ2n) is 2.98. The Balaban J connectivity index is 2.93. The normalized spacial score (nSPS) is 9.25. The number of anilines is 1. The van der Waals surface area contributed by atoms with Crippen molar-refractivity contribution in [3.63, 3.8) is 0 Å². The van der Waals surface area contributed by atoms with Crippen LogP contribution in [0.15, 0.2) is 18.2 Å². The van der Waals surface area contributed by atoms with Crippen LogP contribution in [0.1, 0.15) is 16.8 Å². The average molecular weight is 221 g/mol. The van der Waals surface area contributed by atoms with Gasteiger partial charge in [-0.25, -0.2) is 4.39 Å². The van der Waals surface area contributed by atoms with Crippen LogP contribution < -0.4 is 11.1 Å². The van der Waals surface area contributed by atoms with Gasteiger partial charge in [-0.2, -0.15) is 5.26 Å². The van der Waals surface area contributed by atoms with Crippen LogP contribution >= 0.6 is 0 Å². The summed E-state index contributed by atoms with van der Waals surface area (Å²) in [5, 5.41) is 10.5. The monoisotopic (exact) mass is 221 g/mol. The van der Waals surface area contributed by atoms with E-state index in [-0.39, 0.29) is 17.7 Å². The highest BCUT2D eigenvalue weighted by atomic mass is 19.1. The van der Waals surface area contributed by atoms with Crippen LogP contribution in [0.2, 0.25) is 0 Å². The molecule has 0 aliphatic heterocycles. The number of primary amides is 1. The van der Waals surface area contributed by atoms with Gasteiger partial charge in [0.15, 0.2) is 0 Å². The van der Waals surface area contributed by atoms with E-state index in [4.69, 9.17) is 11.0 Å². The van der Waals surface area contributed by atoms with Gasteiger partial charge in [0, 0.05) is 11.3 Å².